The molecule has 0 aliphatic carbocycles. The molecule has 1 aromatic carbocycles. The summed E-state index contributed by atoms with van der Waals surface area (Å²) < 4.78 is 10.6. The van der Waals surface area contributed by atoms with Crippen molar-refractivity contribution in [1.29, 1.82) is 0 Å². The summed E-state index contributed by atoms with van der Waals surface area (Å²) in [6.45, 7) is 4.24. The van der Waals surface area contributed by atoms with Crippen LogP contribution < -0.4 is 0 Å². The van der Waals surface area contributed by atoms with Crippen molar-refractivity contribution >= 4 is 11.8 Å². The summed E-state index contributed by atoms with van der Waals surface area (Å²) in [6.07, 6.45) is 1.63. The highest BCUT2D eigenvalue weighted by atomic mass is 32.2. The van der Waals surface area contributed by atoms with Gasteiger partial charge in [-0.1, -0.05) is 22.9 Å². The van der Waals surface area contributed by atoms with Gasteiger partial charge in [-0.05, 0) is 37.6 Å². The van der Waals surface area contributed by atoms with Crippen molar-refractivity contribution in [2.45, 2.75) is 24.5 Å². The fraction of sp³-hybridized carbons (Fsp3) is 0.188. The van der Waals surface area contributed by atoms with E-state index in [4.69, 9.17) is 8.94 Å². The number of hydrogen-bond donors (Lipinski definition) is 0. The third-order valence-corrected chi connectivity index (χ3v) is 4.24. The minimum atomic E-state index is 0.672. The number of furan rings is 1. The predicted molar refractivity (Wildman–Crippen MR) is 79.7 cm³/mol. The zero-order chi connectivity index (χ0) is 13.9. The van der Waals surface area contributed by atoms with Crippen molar-refractivity contribution in [3.63, 3.8) is 0 Å². The van der Waals surface area contributed by atoms with Gasteiger partial charge in [0, 0.05) is 16.7 Å². The van der Waals surface area contributed by atoms with Crippen LogP contribution in [-0.4, -0.2) is 5.16 Å². The molecule has 2 heterocycles. The lowest BCUT2D eigenvalue weighted by Crippen LogP contribution is -1.84. The fourth-order valence-electron chi connectivity index (χ4n) is 2.03. The lowest BCUT2D eigenvalue weighted by Gasteiger charge is -2.04. The first-order valence-electron chi connectivity index (χ1n) is 6.42. The van der Waals surface area contributed by atoms with Crippen molar-refractivity contribution in [2.75, 3.05) is 0 Å². The molecular formula is C16H15NO2S. The van der Waals surface area contributed by atoms with Crippen LogP contribution in [0, 0.1) is 13.8 Å². The van der Waals surface area contributed by atoms with Gasteiger partial charge < -0.3 is 8.94 Å². The average Bonchev–Trinajstić information content (AvgIpc) is 3.08. The molecule has 20 heavy (non-hydrogen) atoms. The quantitative estimate of drug-likeness (QED) is 0.643. The first-order valence-corrected chi connectivity index (χ1v) is 7.40. The molecular weight excluding hydrogens is 270 g/mol. The summed E-state index contributed by atoms with van der Waals surface area (Å²) in [5.41, 5.74) is 3.50. The Morgan fingerprint density at radius 2 is 2.00 bits per heavy atom. The first kappa shape index (κ1) is 13.1. The van der Waals surface area contributed by atoms with Gasteiger partial charge in [-0.3, -0.25) is 0 Å². The van der Waals surface area contributed by atoms with Gasteiger partial charge in [-0.25, -0.2) is 0 Å². The molecule has 0 radical (unpaired) electrons. The van der Waals surface area contributed by atoms with Gasteiger partial charge in [-0.15, -0.1) is 11.8 Å². The van der Waals surface area contributed by atoms with Crippen molar-refractivity contribution in [1.82, 2.24) is 5.16 Å². The molecule has 0 aliphatic heterocycles. The number of aryl methyl sites for hydroxylation is 2. The van der Waals surface area contributed by atoms with E-state index in [2.05, 4.69) is 37.2 Å². The molecule has 0 saturated heterocycles. The highest BCUT2D eigenvalue weighted by molar-refractivity contribution is 7.98. The molecule has 3 nitrogen and oxygen atoms in total. The molecule has 3 aromatic rings. The van der Waals surface area contributed by atoms with Crippen LogP contribution in [0.15, 0.2) is 56.5 Å². The first-order chi connectivity index (χ1) is 9.72. The number of aromatic nitrogens is 1. The molecule has 102 valence electrons. The SMILES string of the molecule is Cc1ccc(SCc2cc(-c3ccco3)on2)c(C)c1. The number of nitrogens with zero attached hydrogens (tertiary/aromatic N) is 1. The Morgan fingerprint density at radius 3 is 2.75 bits per heavy atom. The van der Waals surface area contributed by atoms with E-state index in [1.807, 2.05) is 18.2 Å². The van der Waals surface area contributed by atoms with E-state index in [1.165, 1.54) is 16.0 Å². The summed E-state index contributed by atoms with van der Waals surface area (Å²) in [7, 11) is 0. The maximum atomic E-state index is 5.29. The zero-order valence-corrected chi connectivity index (χ0v) is 12.2. The molecule has 0 bridgehead atoms. The lowest BCUT2D eigenvalue weighted by molar-refractivity contribution is 0.413. The summed E-state index contributed by atoms with van der Waals surface area (Å²) >= 11 is 1.77. The molecule has 0 amide bonds. The Kier molecular flexibility index (Phi) is 3.65. The molecule has 4 heteroatoms. The Morgan fingerprint density at radius 1 is 1.10 bits per heavy atom. The van der Waals surface area contributed by atoms with E-state index in [1.54, 1.807) is 18.0 Å². The topological polar surface area (TPSA) is 39.2 Å². The molecule has 0 N–H and O–H groups in total. The molecule has 0 unspecified atom stereocenters. The molecule has 3 rings (SSSR count). The average molecular weight is 285 g/mol. The second-order valence-corrected chi connectivity index (χ2v) is 5.73. The number of hydrogen-bond acceptors (Lipinski definition) is 4. The number of rotatable bonds is 4. The minimum Gasteiger partial charge on any atom is -0.461 e. The van der Waals surface area contributed by atoms with Gasteiger partial charge in [0.15, 0.2) is 5.76 Å². The highest BCUT2D eigenvalue weighted by Crippen LogP contribution is 2.28. The predicted octanol–water partition coefficient (Wildman–Crippen LogP) is 4.84. The smallest absolute Gasteiger partial charge is 0.202 e. The van der Waals surface area contributed by atoms with Crippen molar-refractivity contribution in [3.8, 4) is 11.5 Å². The van der Waals surface area contributed by atoms with Gasteiger partial charge in [0.2, 0.25) is 5.76 Å². The van der Waals surface area contributed by atoms with E-state index in [0.717, 1.165) is 11.4 Å². The Balaban J connectivity index is 1.70. The molecule has 0 aliphatic rings. The normalized spacial score (nSPS) is 10.9. The van der Waals surface area contributed by atoms with Crippen LogP contribution in [0.4, 0.5) is 0 Å². The van der Waals surface area contributed by atoms with Crippen molar-refractivity contribution in [2.24, 2.45) is 0 Å². The van der Waals surface area contributed by atoms with Crippen LogP contribution in [0.5, 0.6) is 0 Å². The van der Waals surface area contributed by atoms with Crippen LogP contribution in [0.25, 0.3) is 11.5 Å². The second-order valence-electron chi connectivity index (χ2n) is 4.72. The van der Waals surface area contributed by atoms with Gasteiger partial charge in [0.05, 0.1) is 12.0 Å². The summed E-state index contributed by atoms with van der Waals surface area (Å²) in [5, 5.41) is 4.08. The van der Waals surface area contributed by atoms with E-state index >= 15 is 0 Å². The summed E-state index contributed by atoms with van der Waals surface area (Å²) in [5.74, 6) is 2.17. The third kappa shape index (κ3) is 2.80. The van der Waals surface area contributed by atoms with Crippen molar-refractivity contribution < 1.29 is 8.94 Å². The zero-order valence-electron chi connectivity index (χ0n) is 11.4. The molecule has 0 fully saturated rings. The van der Waals surface area contributed by atoms with Crippen LogP contribution in [0.2, 0.25) is 0 Å². The van der Waals surface area contributed by atoms with Crippen LogP contribution >= 0.6 is 11.8 Å². The Bertz CT molecular complexity index is 701. The van der Waals surface area contributed by atoms with Crippen LogP contribution in [0.3, 0.4) is 0 Å². The van der Waals surface area contributed by atoms with Gasteiger partial charge >= 0.3 is 0 Å². The van der Waals surface area contributed by atoms with Crippen LogP contribution in [-0.2, 0) is 5.75 Å². The lowest BCUT2D eigenvalue weighted by atomic mass is 10.2. The monoisotopic (exact) mass is 285 g/mol. The molecule has 2 aromatic heterocycles. The van der Waals surface area contributed by atoms with E-state index in [0.29, 0.717) is 11.5 Å². The molecule has 0 spiro atoms. The van der Waals surface area contributed by atoms with Gasteiger partial charge in [-0.2, -0.15) is 0 Å². The Hall–Kier alpha value is -1.94. The summed E-state index contributed by atoms with van der Waals surface area (Å²) in [6, 6.07) is 12.1. The maximum absolute atomic E-state index is 5.29. The van der Waals surface area contributed by atoms with E-state index in [-0.39, 0.29) is 0 Å². The van der Waals surface area contributed by atoms with E-state index < -0.39 is 0 Å². The second kappa shape index (κ2) is 5.59. The Labute approximate surface area is 122 Å². The van der Waals surface area contributed by atoms with Gasteiger partial charge in [0.25, 0.3) is 0 Å². The fourth-order valence-corrected chi connectivity index (χ4v) is 2.92. The molecule has 0 saturated carbocycles. The number of thioether (sulfide) groups is 1. The maximum Gasteiger partial charge on any atom is 0.202 e. The highest BCUT2D eigenvalue weighted by Gasteiger charge is 2.09. The molecule has 0 atom stereocenters. The summed E-state index contributed by atoms with van der Waals surface area (Å²) in [4.78, 5) is 1.28. The van der Waals surface area contributed by atoms with Crippen LogP contribution in [0.1, 0.15) is 16.8 Å². The third-order valence-electron chi connectivity index (χ3n) is 3.03. The van der Waals surface area contributed by atoms with Gasteiger partial charge in [0.1, 0.15) is 0 Å². The largest absolute Gasteiger partial charge is 0.461 e. The van der Waals surface area contributed by atoms with E-state index in [9.17, 15) is 0 Å². The number of benzene rings is 1. The minimum absolute atomic E-state index is 0.672. The van der Waals surface area contributed by atoms with Crippen molar-refractivity contribution in [3.05, 3.63) is 59.5 Å². The standard InChI is InChI=1S/C16H15NO2S/c1-11-5-6-16(12(2)8-11)20-10-13-9-15(19-17-13)14-4-3-7-18-14/h3-9H,10H2,1-2H3.